The summed E-state index contributed by atoms with van der Waals surface area (Å²) in [5.74, 6) is -0.545. The summed E-state index contributed by atoms with van der Waals surface area (Å²) < 4.78 is 0. The second-order valence-electron chi connectivity index (χ2n) is 7.88. The molecular weight excluding hydrogens is 382 g/mol. The van der Waals surface area contributed by atoms with Gasteiger partial charge in [0.05, 0.1) is 11.3 Å². The normalized spacial score (nSPS) is 11.1. The van der Waals surface area contributed by atoms with Crippen LogP contribution in [0.15, 0.2) is 54.6 Å². The molecule has 0 unspecified atom stereocenters. The van der Waals surface area contributed by atoms with Crippen molar-refractivity contribution in [3.63, 3.8) is 0 Å². The van der Waals surface area contributed by atoms with Gasteiger partial charge in [0, 0.05) is 16.3 Å². The third kappa shape index (κ3) is 5.45. The molecule has 0 aliphatic rings. The van der Waals surface area contributed by atoms with Gasteiger partial charge in [0.25, 0.3) is 0 Å². The summed E-state index contributed by atoms with van der Waals surface area (Å²) in [5.41, 5.74) is 5.96. The highest BCUT2D eigenvalue weighted by Gasteiger charge is 2.18. The Morgan fingerprint density at radius 2 is 1.76 bits per heavy atom. The number of benzene rings is 2. The second kappa shape index (κ2) is 9.23. The lowest BCUT2D eigenvalue weighted by Crippen LogP contribution is -2.11. The Morgan fingerprint density at radius 3 is 2.38 bits per heavy atom. The zero-order valence-electron chi connectivity index (χ0n) is 17.1. The van der Waals surface area contributed by atoms with E-state index in [0.29, 0.717) is 23.1 Å². The number of halogens is 1. The molecule has 0 bridgehead atoms. The summed E-state index contributed by atoms with van der Waals surface area (Å²) in [5, 5.41) is 10.5. The van der Waals surface area contributed by atoms with Crippen molar-refractivity contribution in [2.24, 2.45) is 5.92 Å². The van der Waals surface area contributed by atoms with Crippen LogP contribution < -0.4 is 0 Å². The molecule has 0 atom stereocenters. The van der Waals surface area contributed by atoms with Crippen molar-refractivity contribution in [2.45, 2.75) is 40.0 Å². The molecule has 0 saturated carbocycles. The molecule has 0 saturated heterocycles. The van der Waals surface area contributed by atoms with E-state index in [4.69, 9.17) is 16.6 Å². The summed E-state index contributed by atoms with van der Waals surface area (Å²) in [4.78, 5) is 16.8. The average Bonchev–Trinajstić information content (AvgIpc) is 2.67. The maximum Gasteiger partial charge on any atom is 0.337 e. The van der Waals surface area contributed by atoms with Gasteiger partial charge >= 0.3 is 5.97 Å². The van der Waals surface area contributed by atoms with Crippen LogP contribution in [0.1, 0.15) is 46.7 Å². The van der Waals surface area contributed by atoms with Gasteiger partial charge in [-0.25, -0.2) is 4.79 Å². The predicted molar refractivity (Wildman–Crippen MR) is 119 cm³/mol. The molecule has 1 aromatic heterocycles. The van der Waals surface area contributed by atoms with Crippen LogP contribution in [0.4, 0.5) is 0 Å². The van der Waals surface area contributed by atoms with Crippen LogP contribution in [-0.2, 0) is 19.3 Å². The quantitative estimate of drug-likeness (QED) is 0.493. The molecule has 150 valence electrons. The SMILES string of the molecule is Cc1ccc(CCc2nc(CC(C)C)c(-c3cccc(Cl)c3)cc2C(=O)O)cc1. The number of pyridine rings is 1. The fourth-order valence-corrected chi connectivity index (χ4v) is 3.63. The number of nitrogens with zero attached hydrogens (tertiary/aromatic N) is 1. The molecule has 2 aromatic carbocycles. The number of carboxylic acids is 1. The van der Waals surface area contributed by atoms with E-state index in [1.807, 2.05) is 24.3 Å². The zero-order chi connectivity index (χ0) is 21.0. The average molecular weight is 408 g/mol. The van der Waals surface area contributed by atoms with Crippen molar-refractivity contribution in [1.82, 2.24) is 4.98 Å². The van der Waals surface area contributed by atoms with Crippen LogP contribution >= 0.6 is 11.6 Å². The van der Waals surface area contributed by atoms with Gasteiger partial charge < -0.3 is 5.11 Å². The van der Waals surface area contributed by atoms with Crippen LogP contribution in [0.25, 0.3) is 11.1 Å². The summed E-state index contributed by atoms with van der Waals surface area (Å²) in [6.07, 6.45) is 2.12. The first-order chi connectivity index (χ1) is 13.8. The molecule has 3 aromatic rings. The Hall–Kier alpha value is -2.65. The lowest BCUT2D eigenvalue weighted by atomic mass is 9.94. The number of hydrogen-bond donors (Lipinski definition) is 1. The van der Waals surface area contributed by atoms with Crippen molar-refractivity contribution < 1.29 is 9.90 Å². The number of hydrogen-bond acceptors (Lipinski definition) is 2. The minimum Gasteiger partial charge on any atom is -0.478 e. The molecule has 0 fully saturated rings. The van der Waals surface area contributed by atoms with E-state index in [2.05, 4.69) is 45.0 Å². The van der Waals surface area contributed by atoms with Gasteiger partial charge in [-0.3, -0.25) is 4.98 Å². The van der Waals surface area contributed by atoms with Crippen molar-refractivity contribution >= 4 is 17.6 Å². The van der Waals surface area contributed by atoms with Crippen LogP contribution in [-0.4, -0.2) is 16.1 Å². The molecule has 0 spiro atoms. The molecule has 29 heavy (non-hydrogen) atoms. The number of carboxylic acid groups (broad SMARTS) is 1. The number of aromatic nitrogens is 1. The van der Waals surface area contributed by atoms with E-state index in [1.165, 1.54) is 11.1 Å². The maximum atomic E-state index is 12.0. The van der Waals surface area contributed by atoms with Gasteiger partial charge in [-0.1, -0.05) is 67.4 Å². The van der Waals surface area contributed by atoms with Gasteiger partial charge in [-0.15, -0.1) is 0 Å². The molecule has 0 amide bonds. The molecule has 3 nitrogen and oxygen atoms in total. The summed E-state index contributed by atoms with van der Waals surface area (Å²) in [7, 11) is 0. The fourth-order valence-electron chi connectivity index (χ4n) is 3.44. The minimum atomic E-state index is -0.948. The highest BCUT2D eigenvalue weighted by molar-refractivity contribution is 6.30. The van der Waals surface area contributed by atoms with E-state index in [1.54, 1.807) is 6.07 Å². The first kappa shape index (κ1) is 21.1. The van der Waals surface area contributed by atoms with E-state index in [0.717, 1.165) is 29.7 Å². The standard InChI is InChI=1S/C25H26ClNO2/c1-16(2)13-24-21(19-5-4-6-20(26)14-19)15-22(25(28)29)23(27-24)12-11-18-9-7-17(3)8-10-18/h4-10,14-16H,11-13H2,1-3H3,(H,28,29). The molecule has 0 aliphatic heterocycles. The van der Waals surface area contributed by atoms with E-state index in [-0.39, 0.29) is 5.56 Å². The van der Waals surface area contributed by atoms with Crippen molar-refractivity contribution in [1.29, 1.82) is 0 Å². The first-order valence-corrected chi connectivity index (χ1v) is 10.3. The minimum absolute atomic E-state index is 0.264. The highest BCUT2D eigenvalue weighted by atomic mass is 35.5. The Bertz CT molecular complexity index is 1010. The van der Waals surface area contributed by atoms with Gasteiger partial charge in [-0.2, -0.15) is 0 Å². The highest BCUT2D eigenvalue weighted by Crippen LogP contribution is 2.29. The lowest BCUT2D eigenvalue weighted by Gasteiger charge is -2.16. The van der Waals surface area contributed by atoms with Gasteiger partial charge in [0.2, 0.25) is 0 Å². The molecule has 0 radical (unpaired) electrons. The fraction of sp³-hybridized carbons (Fsp3) is 0.280. The third-order valence-corrected chi connectivity index (χ3v) is 5.15. The molecule has 4 heteroatoms. The second-order valence-corrected chi connectivity index (χ2v) is 8.31. The summed E-state index contributed by atoms with van der Waals surface area (Å²) >= 11 is 6.18. The van der Waals surface area contributed by atoms with Crippen molar-refractivity contribution in [3.05, 3.63) is 87.7 Å². The Kier molecular flexibility index (Phi) is 6.71. The zero-order valence-corrected chi connectivity index (χ0v) is 17.8. The van der Waals surface area contributed by atoms with Gasteiger partial charge in [0.15, 0.2) is 0 Å². The maximum absolute atomic E-state index is 12.0. The predicted octanol–water partition coefficient (Wildman–Crippen LogP) is 6.39. The number of carbonyl (C=O) groups is 1. The first-order valence-electron chi connectivity index (χ1n) is 9.91. The van der Waals surface area contributed by atoms with Gasteiger partial charge in [-0.05, 0) is 61.4 Å². The van der Waals surface area contributed by atoms with Crippen molar-refractivity contribution in [3.8, 4) is 11.1 Å². The van der Waals surface area contributed by atoms with Crippen molar-refractivity contribution in [2.75, 3.05) is 0 Å². The largest absolute Gasteiger partial charge is 0.478 e. The van der Waals surface area contributed by atoms with Crippen LogP contribution in [0.3, 0.4) is 0 Å². The van der Waals surface area contributed by atoms with E-state index >= 15 is 0 Å². The number of rotatable bonds is 7. The van der Waals surface area contributed by atoms with E-state index in [9.17, 15) is 9.90 Å². The monoisotopic (exact) mass is 407 g/mol. The Labute approximate surface area is 177 Å². The van der Waals surface area contributed by atoms with E-state index < -0.39 is 5.97 Å². The van der Waals surface area contributed by atoms with Crippen LogP contribution in [0, 0.1) is 12.8 Å². The Morgan fingerprint density at radius 1 is 1.03 bits per heavy atom. The van der Waals surface area contributed by atoms with Crippen LogP contribution in [0.2, 0.25) is 5.02 Å². The third-order valence-electron chi connectivity index (χ3n) is 4.92. The smallest absolute Gasteiger partial charge is 0.337 e. The van der Waals surface area contributed by atoms with Crippen LogP contribution in [0.5, 0.6) is 0 Å². The molecule has 3 rings (SSSR count). The topological polar surface area (TPSA) is 50.2 Å². The number of aromatic carboxylic acids is 1. The molecule has 1 N–H and O–H groups in total. The summed E-state index contributed by atoms with van der Waals surface area (Å²) in [6.45, 7) is 6.33. The van der Waals surface area contributed by atoms with Gasteiger partial charge in [0.1, 0.15) is 0 Å². The summed E-state index contributed by atoms with van der Waals surface area (Å²) in [6, 6.07) is 17.6. The molecule has 1 heterocycles. The molecular formula is C25H26ClNO2. The number of aryl methyl sites for hydroxylation is 3. The lowest BCUT2D eigenvalue weighted by molar-refractivity contribution is 0.0695. The molecule has 0 aliphatic carbocycles. The Balaban J connectivity index is 2.03.